The van der Waals surface area contributed by atoms with Gasteiger partial charge in [0.15, 0.2) is 5.82 Å². The molecule has 1 fully saturated rings. The molecule has 0 unspecified atom stereocenters. The van der Waals surface area contributed by atoms with Crippen molar-refractivity contribution in [2.45, 2.75) is 25.4 Å². The van der Waals surface area contributed by atoms with Gasteiger partial charge in [0.25, 0.3) is 0 Å². The van der Waals surface area contributed by atoms with Crippen LogP contribution in [0.2, 0.25) is 0 Å². The van der Waals surface area contributed by atoms with Gasteiger partial charge in [0, 0.05) is 30.9 Å². The number of hydroxylamine groups is 1. The molecule has 1 aromatic heterocycles. The van der Waals surface area contributed by atoms with Crippen LogP contribution in [0, 0.1) is 0 Å². The van der Waals surface area contributed by atoms with E-state index in [0.29, 0.717) is 12.6 Å². The Morgan fingerprint density at radius 3 is 2.93 bits per heavy atom. The van der Waals surface area contributed by atoms with Crippen LogP contribution in [0.4, 0.5) is 17.5 Å². The summed E-state index contributed by atoms with van der Waals surface area (Å²) in [6.07, 6.45) is 3.76. The lowest BCUT2D eigenvalue weighted by molar-refractivity contribution is 0.157. The van der Waals surface area contributed by atoms with E-state index in [4.69, 9.17) is 9.82 Å². The van der Waals surface area contributed by atoms with E-state index in [1.807, 2.05) is 17.2 Å². The van der Waals surface area contributed by atoms with E-state index in [-0.39, 0.29) is 6.04 Å². The van der Waals surface area contributed by atoms with E-state index in [1.165, 1.54) is 16.7 Å². The Hall–Kier alpha value is -2.96. The van der Waals surface area contributed by atoms with Crippen LogP contribution in [0.5, 0.6) is 0 Å². The first-order valence-corrected chi connectivity index (χ1v) is 9.76. The zero-order chi connectivity index (χ0) is 18.8. The van der Waals surface area contributed by atoms with Gasteiger partial charge in [0.05, 0.1) is 12.6 Å². The third-order valence-corrected chi connectivity index (χ3v) is 5.30. The molecule has 2 aliphatic rings. The van der Waals surface area contributed by atoms with Crippen molar-refractivity contribution < 1.29 is 4.84 Å². The number of fused-ring (bicyclic) bond motifs is 1. The van der Waals surface area contributed by atoms with Crippen molar-refractivity contribution in [2.75, 3.05) is 23.5 Å². The fraction of sp³-hybridized carbons (Fsp3) is 0.273. The van der Waals surface area contributed by atoms with Gasteiger partial charge >= 0.3 is 0 Å². The van der Waals surface area contributed by atoms with Crippen LogP contribution < -0.4 is 15.7 Å². The topological polar surface area (TPSA) is 62.3 Å². The number of nitrogens with zero attached hydrogens (tertiary/aromatic N) is 3. The largest absolute Gasteiger partial charge is 0.324 e. The minimum atomic E-state index is 0.167. The first-order valence-electron chi connectivity index (χ1n) is 9.76. The molecular weight excluding hydrogens is 350 g/mol. The average Bonchev–Trinajstić information content (AvgIpc) is 3.25. The van der Waals surface area contributed by atoms with Crippen molar-refractivity contribution in [3.05, 3.63) is 77.5 Å². The molecular formula is C22H23N5O. The standard InChI is InChI=1S/C22H23N5O/c1-2-4-16(5-3-1)20-10-13-28-27(20)21-9-12-24-22(26-21)25-19-7-6-18-15-23-11-8-17(18)14-19/h1-7,9,12,14,20,23H,8,10-11,13,15H2,(H,24,25,26)/t20-/m0/s1. The Bertz CT molecular complexity index is 962. The van der Waals surface area contributed by atoms with Gasteiger partial charge in [-0.05, 0) is 41.8 Å². The van der Waals surface area contributed by atoms with Gasteiger partial charge in [-0.15, -0.1) is 0 Å². The lowest BCUT2D eigenvalue weighted by Gasteiger charge is -2.24. The summed E-state index contributed by atoms with van der Waals surface area (Å²) in [7, 11) is 0. The quantitative estimate of drug-likeness (QED) is 0.726. The zero-order valence-electron chi connectivity index (χ0n) is 15.6. The molecule has 142 valence electrons. The molecule has 28 heavy (non-hydrogen) atoms. The summed E-state index contributed by atoms with van der Waals surface area (Å²) in [4.78, 5) is 15.0. The molecule has 0 bridgehead atoms. The summed E-state index contributed by atoms with van der Waals surface area (Å²) < 4.78 is 0. The van der Waals surface area contributed by atoms with E-state index in [9.17, 15) is 0 Å². The van der Waals surface area contributed by atoms with Crippen molar-refractivity contribution in [1.29, 1.82) is 0 Å². The van der Waals surface area contributed by atoms with Crippen LogP contribution in [-0.4, -0.2) is 23.1 Å². The van der Waals surface area contributed by atoms with Crippen molar-refractivity contribution in [3.63, 3.8) is 0 Å². The molecule has 0 aliphatic carbocycles. The van der Waals surface area contributed by atoms with Crippen molar-refractivity contribution >= 4 is 17.5 Å². The summed E-state index contributed by atoms with van der Waals surface area (Å²) in [5.41, 5.74) is 4.99. The van der Waals surface area contributed by atoms with Crippen LogP contribution in [-0.2, 0) is 17.8 Å². The maximum absolute atomic E-state index is 5.89. The number of nitrogens with one attached hydrogen (secondary N) is 2. The molecule has 3 aromatic rings. The highest BCUT2D eigenvalue weighted by Crippen LogP contribution is 2.34. The van der Waals surface area contributed by atoms with Crippen LogP contribution in [0.3, 0.4) is 0 Å². The highest BCUT2D eigenvalue weighted by Gasteiger charge is 2.29. The van der Waals surface area contributed by atoms with E-state index < -0.39 is 0 Å². The SMILES string of the molecule is c1ccc([C@@H]2CCON2c2ccnc(Nc3ccc4c(c3)CCNC4)n2)cc1. The Morgan fingerprint density at radius 2 is 2.00 bits per heavy atom. The summed E-state index contributed by atoms with van der Waals surface area (Å²) in [6.45, 7) is 2.65. The van der Waals surface area contributed by atoms with Gasteiger partial charge in [-0.25, -0.2) is 10.0 Å². The third-order valence-electron chi connectivity index (χ3n) is 5.30. The van der Waals surface area contributed by atoms with Crippen LogP contribution in [0.25, 0.3) is 0 Å². The molecule has 6 heteroatoms. The minimum absolute atomic E-state index is 0.167. The van der Waals surface area contributed by atoms with Crippen molar-refractivity contribution in [3.8, 4) is 0 Å². The fourth-order valence-electron chi connectivity index (χ4n) is 3.89. The van der Waals surface area contributed by atoms with Gasteiger partial charge in [-0.3, -0.25) is 4.84 Å². The van der Waals surface area contributed by atoms with E-state index in [1.54, 1.807) is 6.20 Å². The summed E-state index contributed by atoms with van der Waals surface area (Å²) in [6, 6.07) is 18.9. The van der Waals surface area contributed by atoms with Gasteiger partial charge in [0.1, 0.15) is 0 Å². The molecule has 5 rings (SSSR count). The second kappa shape index (κ2) is 7.58. The molecule has 2 aliphatic heterocycles. The molecule has 3 heterocycles. The molecule has 0 amide bonds. The van der Waals surface area contributed by atoms with Gasteiger partial charge in [-0.2, -0.15) is 4.98 Å². The molecule has 0 saturated carbocycles. The summed E-state index contributed by atoms with van der Waals surface area (Å²) in [5.74, 6) is 1.35. The van der Waals surface area contributed by atoms with Gasteiger partial charge < -0.3 is 10.6 Å². The van der Waals surface area contributed by atoms with Crippen LogP contribution in [0.15, 0.2) is 60.8 Å². The van der Waals surface area contributed by atoms with Gasteiger partial charge in [-0.1, -0.05) is 36.4 Å². The Kier molecular flexibility index (Phi) is 4.64. The van der Waals surface area contributed by atoms with Crippen LogP contribution >= 0.6 is 0 Å². The minimum Gasteiger partial charge on any atom is -0.324 e. The van der Waals surface area contributed by atoms with Crippen molar-refractivity contribution in [1.82, 2.24) is 15.3 Å². The van der Waals surface area contributed by atoms with E-state index in [2.05, 4.69) is 58.1 Å². The highest BCUT2D eigenvalue weighted by atomic mass is 16.7. The maximum atomic E-state index is 5.89. The Labute approximate surface area is 164 Å². The second-order valence-corrected chi connectivity index (χ2v) is 7.15. The zero-order valence-corrected chi connectivity index (χ0v) is 15.6. The highest BCUT2D eigenvalue weighted by molar-refractivity contribution is 5.57. The molecule has 0 spiro atoms. The normalized spacial score (nSPS) is 18.7. The van der Waals surface area contributed by atoms with E-state index >= 15 is 0 Å². The Morgan fingerprint density at radius 1 is 1.07 bits per heavy atom. The van der Waals surface area contributed by atoms with E-state index in [0.717, 1.165) is 37.4 Å². The Balaban J connectivity index is 1.38. The number of anilines is 3. The molecule has 0 radical (unpaired) electrons. The predicted molar refractivity (Wildman–Crippen MR) is 109 cm³/mol. The smallest absolute Gasteiger partial charge is 0.229 e. The monoisotopic (exact) mass is 373 g/mol. The third kappa shape index (κ3) is 3.44. The fourth-order valence-corrected chi connectivity index (χ4v) is 3.89. The molecule has 1 saturated heterocycles. The molecule has 2 aromatic carbocycles. The first kappa shape index (κ1) is 17.2. The van der Waals surface area contributed by atoms with Crippen molar-refractivity contribution in [2.24, 2.45) is 0 Å². The number of aromatic nitrogens is 2. The summed E-state index contributed by atoms with van der Waals surface area (Å²) >= 11 is 0. The second-order valence-electron chi connectivity index (χ2n) is 7.15. The number of hydrogen-bond donors (Lipinski definition) is 2. The first-order chi connectivity index (χ1) is 13.9. The predicted octanol–water partition coefficient (Wildman–Crippen LogP) is 3.75. The summed E-state index contributed by atoms with van der Waals surface area (Å²) in [5, 5.41) is 8.65. The lowest BCUT2D eigenvalue weighted by Crippen LogP contribution is -2.23. The average molecular weight is 373 g/mol. The number of benzene rings is 2. The maximum Gasteiger partial charge on any atom is 0.229 e. The number of hydrogen-bond acceptors (Lipinski definition) is 6. The lowest BCUT2D eigenvalue weighted by atomic mass is 10.0. The molecule has 2 N–H and O–H groups in total. The van der Waals surface area contributed by atoms with Gasteiger partial charge in [0.2, 0.25) is 5.95 Å². The number of rotatable bonds is 4. The molecule has 1 atom stereocenters. The van der Waals surface area contributed by atoms with Crippen LogP contribution in [0.1, 0.15) is 29.2 Å². The molecule has 6 nitrogen and oxygen atoms in total.